The van der Waals surface area contributed by atoms with Gasteiger partial charge in [-0.2, -0.15) is 0 Å². The van der Waals surface area contributed by atoms with Crippen LogP contribution in [0.15, 0.2) is 41.5 Å². The molecule has 0 fully saturated rings. The van der Waals surface area contributed by atoms with E-state index < -0.39 is 0 Å². The Kier molecular flexibility index (Phi) is 8.38. The smallest absolute Gasteiger partial charge is 0.212 e. The quantitative estimate of drug-likeness (QED) is 0.400. The SMILES string of the molecule is CN=C(NCc1ccc(OC)nc1)NCc1ccc(C)cc1OCCOC. The van der Waals surface area contributed by atoms with Crippen molar-refractivity contribution in [2.45, 2.75) is 20.0 Å². The first-order chi connectivity index (χ1) is 13.2. The molecule has 2 rings (SSSR count). The van der Waals surface area contributed by atoms with Crippen LogP contribution in [0.5, 0.6) is 11.6 Å². The highest BCUT2D eigenvalue weighted by Crippen LogP contribution is 2.20. The first-order valence-corrected chi connectivity index (χ1v) is 8.81. The van der Waals surface area contributed by atoms with Gasteiger partial charge in [0.2, 0.25) is 5.88 Å². The molecule has 7 heteroatoms. The summed E-state index contributed by atoms with van der Waals surface area (Å²) in [5.41, 5.74) is 3.25. The largest absolute Gasteiger partial charge is 0.491 e. The van der Waals surface area contributed by atoms with Gasteiger partial charge in [-0.3, -0.25) is 4.99 Å². The highest BCUT2D eigenvalue weighted by Gasteiger charge is 2.06. The van der Waals surface area contributed by atoms with Gasteiger partial charge in [0.05, 0.1) is 13.7 Å². The molecular weight excluding hydrogens is 344 g/mol. The van der Waals surface area contributed by atoms with Crippen LogP contribution < -0.4 is 20.1 Å². The van der Waals surface area contributed by atoms with E-state index in [1.807, 2.05) is 25.1 Å². The lowest BCUT2D eigenvalue weighted by molar-refractivity contribution is 0.145. The zero-order valence-corrected chi connectivity index (χ0v) is 16.4. The summed E-state index contributed by atoms with van der Waals surface area (Å²) in [6.07, 6.45) is 1.78. The normalized spacial score (nSPS) is 11.2. The predicted octanol–water partition coefficient (Wildman–Crippen LogP) is 2.29. The Morgan fingerprint density at radius 2 is 1.89 bits per heavy atom. The molecule has 0 bridgehead atoms. The van der Waals surface area contributed by atoms with Crippen molar-refractivity contribution in [1.29, 1.82) is 0 Å². The van der Waals surface area contributed by atoms with Crippen molar-refractivity contribution in [3.8, 4) is 11.6 Å². The first kappa shape index (κ1) is 20.5. The lowest BCUT2D eigenvalue weighted by Crippen LogP contribution is -2.36. The summed E-state index contributed by atoms with van der Waals surface area (Å²) in [5.74, 6) is 2.16. The van der Waals surface area contributed by atoms with Gasteiger partial charge in [0.25, 0.3) is 0 Å². The number of benzene rings is 1. The number of hydrogen-bond acceptors (Lipinski definition) is 5. The molecule has 0 aliphatic rings. The van der Waals surface area contributed by atoms with E-state index in [1.54, 1.807) is 27.5 Å². The van der Waals surface area contributed by atoms with Crippen molar-refractivity contribution in [2.75, 3.05) is 34.5 Å². The van der Waals surface area contributed by atoms with Crippen molar-refractivity contribution < 1.29 is 14.2 Å². The number of guanidine groups is 1. The average Bonchev–Trinajstić information content (AvgIpc) is 2.70. The van der Waals surface area contributed by atoms with Crippen LogP contribution in [0.4, 0.5) is 0 Å². The zero-order chi connectivity index (χ0) is 19.5. The third-order valence-electron chi connectivity index (χ3n) is 3.90. The Morgan fingerprint density at radius 3 is 2.56 bits per heavy atom. The van der Waals surface area contributed by atoms with Crippen molar-refractivity contribution in [1.82, 2.24) is 15.6 Å². The van der Waals surface area contributed by atoms with Crippen LogP contribution in [0.1, 0.15) is 16.7 Å². The molecule has 0 spiro atoms. The maximum absolute atomic E-state index is 5.83. The Hall–Kier alpha value is -2.80. The molecule has 2 aromatic rings. The molecule has 0 atom stereocenters. The second-order valence-corrected chi connectivity index (χ2v) is 5.94. The Bertz CT molecular complexity index is 733. The monoisotopic (exact) mass is 372 g/mol. The standard InChI is InChI=1S/C20H28N4O3/c1-15-5-7-17(18(11-15)27-10-9-25-3)14-24-20(21-2)23-13-16-6-8-19(26-4)22-12-16/h5-8,11-12H,9-10,13-14H2,1-4H3,(H2,21,23,24). The number of nitrogens with zero attached hydrogens (tertiary/aromatic N) is 2. The molecule has 1 aromatic heterocycles. The summed E-state index contributed by atoms with van der Waals surface area (Å²) in [4.78, 5) is 8.46. The third kappa shape index (κ3) is 6.79. The molecule has 0 aliphatic carbocycles. The van der Waals surface area contributed by atoms with Crippen molar-refractivity contribution in [2.24, 2.45) is 4.99 Å². The molecule has 2 N–H and O–H groups in total. The van der Waals surface area contributed by atoms with Crippen LogP contribution in [0, 0.1) is 6.92 Å². The second kappa shape index (κ2) is 11.0. The van der Waals surface area contributed by atoms with E-state index in [4.69, 9.17) is 14.2 Å². The molecule has 7 nitrogen and oxygen atoms in total. The van der Waals surface area contributed by atoms with E-state index in [0.717, 1.165) is 22.4 Å². The Balaban J connectivity index is 1.91. The van der Waals surface area contributed by atoms with Gasteiger partial charge in [-0.25, -0.2) is 4.98 Å². The molecule has 0 aliphatic heterocycles. The van der Waals surface area contributed by atoms with E-state index in [-0.39, 0.29) is 0 Å². The number of aliphatic imine (C=N–C) groups is 1. The zero-order valence-electron chi connectivity index (χ0n) is 16.4. The number of rotatable bonds is 9. The van der Waals surface area contributed by atoms with Gasteiger partial charge in [0, 0.05) is 45.1 Å². The molecule has 0 unspecified atom stereocenters. The number of ether oxygens (including phenoxy) is 3. The fourth-order valence-electron chi connectivity index (χ4n) is 2.40. The van der Waals surface area contributed by atoms with Crippen molar-refractivity contribution in [3.63, 3.8) is 0 Å². The highest BCUT2D eigenvalue weighted by atomic mass is 16.5. The predicted molar refractivity (Wildman–Crippen MR) is 106 cm³/mol. The molecule has 0 radical (unpaired) electrons. The summed E-state index contributed by atoms with van der Waals surface area (Å²) in [6.45, 7) is 4.33. The fourth-order valence-corrected chi connectivity index (χ4v) is 2.40. The van der Waals surface area contributed by atoms with Gasteiger partial charge in [-0.05, 0) is 24.1 Å². The van der Waals surface area contributed by atoms with E-state index in [9.17, 15) is 0 Å². The summed E-state index contributed by atoms with van der Waals surface area (Å²) in [7, 11) is 5.01. The average molecular weight is 372 g/mol. The van der Waals surface area contributed by atoms with Gasteiger partial charge in [0.15, 0.2) is 5.96 Å². The number of pyridine rings is 1. The van der Waals surface area contributed by atoms with Crippen LogP contribution in [-0.4, -0.2) is 45.4 Å². The minimum atomic E-state index is 0.518. The first-order valence-electron chi connectivity index (χ1n) is 8.81. The van der Waals surface area contributed by atoms with Crippen molar-refractivity contribution in [3.05, 3.63) is 53.2 Å². The van der Waals surface area contributed by atoms with Crippen LogP contribution in [0.3, 0.4) is 0 Å². The molecule has 0 saturated carbocycles. The molecule has 27 heavy (non-hydrogen) atoms. The van der Waals surface area contributed by atoms with E-state index in [1.165, 1.54) is 0 Å². The number of aryl methyl sites for hydroxylation is 1. The van der Waals surface area contributed by atoms with Gasteiger partial charge < -0.3 is 24.8 Å². The van der Waals surface area contributed by atoms with Crippen molar-refractivity contribution >= 4 is 5.96 Å². The van der Waals surface area contributed by atoms with Crippen LogP contribution in [-0.2, 0) is 17.8 Å². The highest BCUT2D eigenvalue weighted by molar-refractivity contribution is 5.79. The lowest BCUT2D eigenvalue weighted by Gasteiger charge is -2.15. The maximum Gasteiger partial charge on any atom is 0.212 e. The molecular formula is C20H28N4O3. The molecule has 1 heterocycles. The third-order valence-corrected chi connectivity index (χ3v) is 3.90. The van der Waals surface area contributed by atoms with E-state index in [0.29, 0.717) is 38.1 Å². The maximum atomic E-state index is 5.83. The number of methoxy groups -OCH3 is 2. The van der Waals surface area contributed by atoms with Crippen LogP contribution in [0.2, 0.25) is 0 Å². The molecule has 1 aromatic carbocycles. The second-order valence-electron chi connectivity index (χ2n) is 5.94. The minimum absolute atomic E-state index is 0.518. The molecule has 0 saturated heterocycles. The van der Waals surface area contributed by atoms with E-state index in [2.05, 4.69) is 32.7 Å². The summed E-state index contributed by atoms with van der Waals surface area (Å²) < 4.78 is 16.0. The Labute approximate surface area is 160 Å². The van der Waals surface area contributed by atoms with Crippen LogP contribution >= 0.6 is 0 Å². The topological polar surface area (TPSA) is 77.0 Å². The molecule has 146 valence electrons. The van der Waals surface area contributed by atoms with Gasteiger partial charge in [0.1, 0.15) is 12.4 Å². The number of hydrogen-bond donors (Lipinski definition) is 2. The summed E-state index contributed by atoms with van der Waals surface area (Å²) in [6, 6.07) is 9.97. The minimum Gasteiger partial charge on any atom is -0.491 e. The van der Waals surface area contributed by atoms with Gasteiger partial charge in [-0.1, -0.05) is 18.2 Å². The van der Waals surface area contributed by atoms with Gasteiger partial charge >= 0.3 is 0 Å². The van der Waals surface area contributed by atoms with Crippen LogP contribution in [0.25, 0.3) is 0 Å². The lowest BCUT2D eigenvalue weighted by atomic mass is 10.1. The number of aromatic nitrogens is 1. The molecule has 0 amide bonds. The fraction of sp³-hybridized carbons (Fsp3) is 0.400. The van der Waals surface area contributed by atoms with Gasteiger partial charge in [-0.15, -0.1) is 0 Å². The summed E-state index contributed by atoms with van der Waals surface area (Å²) >= 11 is 0. The Morgan fingerprint density at radius 1 is 1.07 bits per heavy atom. The van der Waals surface area contributed by atoms with E-state index >= 15 is 0 Å². The summed E-state index contributed by atoms with van der Waals surface area (Å²) in [5, 5.41) is 6.59. The number of nitrogens with one attached hydrogen (secondary N) is 2.